The maximum Gasteiger partial charge on any atom is 0.0462 e. The molecule has 0 aromatic carbocycles. The van der Waals surface area contributed by atoms with Crippen LogP contribution in [0, 0.1) is 18.8 Å². The highest BCUT2D eigenvalue weighted by molar-refractivity contribution is 9.10. The maximum absolute atomic E-state index is 9.39. The van der Waals surface area contributed by atoms with Crippen LogP contribution in [0.2, 0.25) is 0 Å². The van der Waals surface area contributed by atoms with E-state index in [0.717, 1.165) is 13.1 Å². The lowest BCUT2D eigenvalue weighted by molar-refractivity contribution is 0.133. The van der Waals surface area contributed by atoms with Crippen molar-refractivity contribution >= 4 is 27.3 Å². The quantitative estimate of drug-likeness (QED) is 0.862. The van der Waals surface area contributed by atoms with Crippen molar-refractivity contribution in [3.05, 3.63) is 20.3 Å². The standard InChI is InChI=1S/C14H22BrNOS/c1-10-14(15)6-13(18-10)8-16-7-11-4-2-3-5-12(11)9-17/h6,11-12,16-17H,2-5,7-9H2,1H3. The molecule has 1 aliphatic carbocycles. The molecule has 0 saturated heterocycles. The van der Waals surface area contributed by atoms with Crippen LogP contribution < -0.4 is 5.32 Å². The maximum atomic E-state index is 9.39. The fraction of sp³-hybridized carbons (Fsp3) is 0.714. The summed E-state index contributed by atoms with van der Waals surface area (Å²) in [5.74, 6) is 1.18. The predicted molar refractivity (Wildman–Crippen MR) is 81.0 cm³/mol. The molecular weight excluding hydrogens is 310 g/mol. The SMILES string of the molecule is Cc1sc(CNCC2CCCCC2CO)cc1Br. The van der Waals surface area contributed by atoms with Crippen LogP contribution in [0.4, 0.5) is 0 Å². The highest BCUT2D eigenvalue weighted by Gasteiger charge is 2.23. The van der Waals surface area contributed by atoms with Crippen molar-refractivity contribution in [3.8, 4) is 0 Å². The molecule has 2 nitrogen and oxygen atoms in total. The first-order chi connectivity index (χ1) is 8.70. The fourth-order valence-corrected chi connectivity index (χ4v) is 4.35. The number of halogens is 1. The summed E-state index contributed by atoms with van der Waals surface area (Å²) in [6.07, 6.45) is 5.09. The Morgan fingerprint density at radius 1 is 1.39 bits per heavy atom. The molecule has 2 atom stereocenters. The van der Waals surface area contributed by atoms with Crippen molar-refractivity contribution in [2.45, 2.75) is 39.2 Å². The highest BCUT2D eigenvalue weighted by atomic mass is 79.9. The molecule has 0 bridgehead atoms. The smallest absolute Gasteiger partial charge is 0.0462 e. The van der Waals surface area contributed by atoms with Crippen LogP contribution in [-0.2, 0) is 6.54 Å². The number of hydrogen-bond acceptors (Lipinski definition) is 3. The molecular formula is C14H22BrNOS. The number of aliphatic hydroxyl groups excluding tert-OH is 1. The Labute approximate surface area is 122 Å². The van der Waals surface area contributed by atoms with Crippen LogP contribution in [0.15, 0.2) is 10.5 Å². The van der Waals surface area contributed by atoms with E-state index in [2.05, 4.69) is 34.2 Å². The Balaban J connectivity index is 1.77. The molecule has 0 radical (unpaired) electrons. The van der Waals surface area contributed by atoms with Gasteiger partial charge < -0.3 is 10.4 Å². The summed E-state index contributed by atoms with van der Waals surface area (Å²) in [7, 11) is 0. The summed E-state index contributed by atoms with van der Waals surface area (Å²) < 4.78 is 1.22. The number of aliphatic hydroxyl groups is 1. The first-order valence-electron chi connectivity index (χ1n) is 6.77. The number of aryl methyl sites for hydroxylation is 1. The minimum Gasteiger partial charge on any atom is -0.396 e. The van der Waals surface area contributed by atoms with Crippen molar-refractivity contribution in [2.75, 3.05) is 13.2 Å². The van der Waals surface area contributed by atoms with Gasteiger partial charge in [0.05, 0.1) is 0 Å². The van der Waals surface area contributed by atoms with E-state index in [1.54, 1.807) is 0 Å². The third-order valence-corrected chi connectivity index (χ3v) is 6.05. The van der Waals surface area contributed by atoms with Crippen molar-refractivity contribution in [1.29, 1.82) is 0 Å². The molecule has 18 heavy (non-hydrogen) atoms. The molecule has 1 aromatic heterocycles. The van der Waals surface area contributed by atoms with Gasteiger partial charge >= 0.3 is 0 Å². The monoisotopic (exact) mass is 331 g/mol. The first kappa shape index (κ1) is 14.5. The Kier molecular flexibility index (Phi) is 5.67. The van der Waals surface area contributed by atoms with Gasteiger partial charge in [-0.25, -0.2) is 0 Å². The van der Waals surface area contributed by atoms with Gasteiger partial charge in [-0.3, -0.25) is 0 Å². The molecule has 1 saturated carbocycles. The van der Waals surface area contributed by atoms with E-state index in [9.17, 15) is 5.11 Å². The molecule has 4 heteroatoms. The zero-order valence-corrected chi connectivity index (χ0v) is 13.3. The topological polar surface area (TPSA) is 32.3 Å². The van der Waals surface area contributed by atoms with E-state index in [1.165, 1.54) is 39.9 Å². The Morgan fingerprint density at radius 3 is 2.72 bits per heavy atom. The molecule has 1 heterocycles. The molecule has 1 fully saturated rings. The van der Waals surface area contributed by atoms with Crippen LogP contribution in [0.1, 0.15) is 35.4 Å². The summed E-state index contributed by atoms with van der Waals surface area (Å²) in [5.41, 5.74) is 0. The second kappa shape index (κ2) is 7.04. The molecule has 0 aliphatic heterocycles. The lowest BCUT2D eigenvalue weighted by Crippen LogP contribution is -2.32. The first-order valence-corrected chi connectivity index (χ1v) is 8.38. The van der Waals surface area contributed by atoms with Gasteiger partial charge in [0.1, 0.15) is 0 Å². The van der Waals surface area contributed by atoms with Crippen molar-refractivity contribution in [1.82, 2.24) is 5.32 Å². The summed E-state index contributed by atoms with van der Waals surface area (Å²) >= 11 is 5.40. The van der Waals surface area contributed by atoms with Crippen molar-refractivity contribution < 1.29 is 5.11 Å². The van der Waals surface area contributed by atoms with E-state index < -0.39 is 0 Å². The molecule has 102 valence electrons. The normalized spacial score (nSPS) is 24.4. The minimum atomic E-state index is 0.357. The lowest BCUT2D eigenvalue weighted by atomic mass is 9.79. The Morgan fingerprint density at radius 2 is 2.11 bits per heavy atom. The van der Waals surface area contributed by atoms with Gasteiger partial charge in [-0.1, -0.05) is 12.8 Å². The fourth-order valence-electron chi connectivity index (χ4n) is 2.78. The van der Waals surface area contributed by atoms with E-state index in [0.29, 0.717) is 18.4 Å². The molecule has 0 spiro atoms. The number of hydrogen-bond donors (Lipinski definition) is 2. The average Bonchev–Trinajstić information content (AvgIpc) is 2.69. The molecule has 2 unspecified atom stereocenters. The zero-order chi connectivity index (χ0) is 13.0. The summed E-state index contributed by atoms with van der Waals surface area (Å²) in [5, 5.41) is 12.9. The van der Waals surface area contributed by atoms with E-state index in [1.807, 2.05) is 11.3 Å². The van der Waals surface area contributed by atoms with E-state index >= 15 is 0 Å². The number of nitrogens with one attached hydrogen (secondary N) is 1. The van der Waals surface area contributed by atoms with Crippen molar-refractivity contribution in [2.24, 2.45) is 11.8 Å². The highest BCUT2D eigenvalue weighted by Crippen LogP contribution is 2.29. The van der Waals surface area contributed by atoms with Crippen molar-refractivity contribution in [3.63, 3.8) is 0 Å². The van der Waals surface area contributed by atoms with Crippen LogP contribution in [0.25, 0.3) is 0 Å². The minimum absolute atomic E-state index is 0.357. The van der Waals surface area contributed by atoms with Gasteiger partial charge in [0.25, 0.3) is 0 Å². The van der Waals surface area contributed by atoms with Crippen LogP contribution in [-0.4, -0.2) is 18.3 Å². The molecule has 1 aromatic rings. The zero-order valence-electron chi connectivity index (χ0n) is 10.9. The van der Waals surface area contributed by atoms with Gasteiger partial charge in [-0.2, -0.15) is 0 Å². The Hall–Kier alpha value is 0.100. The van der Waals surface area contributed by atoms with Crippen LogP contribution >= 0.6 is 27.3 Å². The second-order valence-electron chi connectivity index (χ2n) is 5.23. The Bertz CT molecular complexity index is 360. The lowest BCUT2D eigenvalue weighted by Gasteiger charge is -2.30. The summed E-state index contributed by atoms with van der Waals surface area (Å²) in [6.45, 7) is 4.49. The largest absolute Gasteiger partial charge is 0.396 e. The number of rotatable bonds is 5. The van der Waals surface area contributed by atoms with Gasteiger partial charge in [0, 0.05) is 27.4 Å². The van der Waals surface area contributed by atoms with Gasteiger partial charge in [-0.15, -0.1) is 11.3 Å². The van der Waals surface area contributed by atoms with E-state index in [4.69, 9.17) is 0 Å². The van der Waals surface area contributed by atoms with Gasteiger partial charge in [-0.05, 0) is 60.1 Å². The average molecular weight is 332 g/mol. The second-order valence-corrected chi connectivity index (χ2v) is 7.43. The van der Waals surface area contributed by atoms with Gasteiger partial charge in [0.15, 0.2) is 0 Å². The third kappa shape index (κ3) is 3.80. The predicted octanol–water partition coefficient (Wildman–Crippen LogP) is 3.71. The van der Waals surface area contributed by atoms with Crippen LogP contribution in [0.5, 0.6) is 0 Å². The molecule has 2 rings (SSSR count). The molecule has 0 amide bonds. The van der Waals surface area contributed by atoms with Gasteiger partial charge in [0.2, 0.25) is 0 Å². The molecule has 2 N–H and O–H groups in total. The van der Waals surface area contributed by atoms with Crippen LogP contribution in [0.3, 0.4) is 0 Å². The van der Waals surface area contributed by atoms with E-state index in [-0.39, 0.29) is 0 Å². The summed E-state index contributed by atoms with van der Waals surface area (Å²) in [6, 6.07) is 2.21. The summed E-state index contributed by atoms with van der Waals surface area (Å²) in [4.78, 5) is 2.73. The molecule has 1 aliphatic rings. The third-order valence-electron chi connectivity index (χ3n) is 3.91. The number of thiophene rings is 1.